The van der Waals surface area contributed by atoms with Gasteiger partial charge < -0.3 is 4.74 Å². The summed E-state index contributed by atoms with van der Waals surface area (Å²) in [6.45, 7) is 4.41. The first-order valence-corrected chi connectivity index (χ1v) is 4.58. The quantitative estimate of drug-likeness (QED) is 0.739. The third-order valence-corrected chi connectivity index (χ3v) is 1.48. The van der Waals surface area contributed by atoms with E-state index in [1.165, 1.54) is 0 Å². The Hall–Kier alpha value is -1.58. The van der Waals surface area contributed by atoms with Crippen LogP contribution in [0.3, 0.4) is 0 Å². The minimum absolute atomic E-state index is 0.349. The molecule has 0 radical (unpaired) electrons. The molecule has 1 aromatic rings. The van der Waals surface area contributed by atoms with Crippen LogP contribution in [0.4, 0.5) is 4.79 Å². The van der Waals surface area contributed by atoms with E-state index >= 15 is 0 Å². The van der Waals surface area contributed by atoms with Crippen molar-refractivity contribution in [1.82, 2.24) is 0 Å². The van der Waals surface area contributed by atoms with Crippen molar-refractivity contribution in [1.29, 1.82) is 0 Å². The van der Waals surface area contributed by atoms with E-state index in [1.54, 1.807) is 17.1 Å². The first kappa shape index (κ1) is 10.5. The van der Waals surface area contributed by atoms with Crippen LogP contribution in [0, 0.1) is 5.92 Å². The number of rotatable bonds is 3. The zero-order valence-electron chi connectivity index (χ0n) is 8.43. The first-order valence-electron chi connectivity index (χ1n) is 4.58. The molecule has 0 fully saturated rings. The Morgan fingerprint density at radius 2 is 2.00 bits per heavy atom. The first-order chi connectivity index (χ1) is 6.68. The predicted octanol–water partition coefficient (Wildman–Crippen LogP) is 1.31. The van der Waals surface area contributed by atoms with Crippen LogP contribution in [-0.4, -0.2) is 12.7 Å². The molecule has 0 aliphatic carbocycles. The summed E-state index contributed by atoms with van der Waals surface area (Å²) < 4.78 is 6.48. The number of hydrogen-bond acceptors (Lipinski definition) is 2. The number of carbonyl (C=O) groups excluding carboxylic acids is 1. The molecule has 1 aromatic heterocycles. The number of hydrogen-bond donors (Lipinski definition) is 1. The molecule has 0 unspecified atom stereocenters. The van der Waals surface area contributed by atoms with Crippen molar-refractivity contribution >= 4 is 6.09 Å². The number of nitrogens with one attached hydrogen (secondary N) is 1. The van der Waals surface area contributed by atoms with E-state index < -0.39 is 6.09 Å². The topological polar surface area (TPSA) is 42.2 Å². The molecule has 14 heavy (non-hydrogen) atoms. The van der Waals surface area contributed by atoms with Crippen molar-refractivity contribution < 1.29 is 14.2 Å². The number of ether oxygens (including phenoxy) is 1. The number of nitrogens with zero attached hydrogens (tertiary/aromatic N) is 1. The fourth-order valence-corrected chi connectivity index (χ4v) is 0.853. The summed E-state index contributed by atoms with van der Waals surface area (Å²) in [6.07, 6.45) is 3.03. The zero-order chi connectivity index (χ0) is 10.4. The standard InChI is InChI=1S/C10H14N2O2/c1-9(2)8-14-10(13)11-12-6-4-3-5-7-12/h3-7,9H,8H2,1-2H3/p+1. The highest BCUT2D eigenvalue weighted by Crippen LogP contribution is 1.92. The second-order valence-corrected chi connectivity index (χ2v) is 3.39. The lowest BCUT2D eigenvalue weighted by Crippen LogP contribution is -2.47. The van der Waals surface area contributed by atoms with Crippen LogP contribution in [0.25, 0.3) is 0 Å². The maximum Gasteiger partial charge on any atom is 0.461 e. The van der Waals surface area contributed by atoms with Crippen LogP contribution >= 0.6 is 0 Å². The van der Waals surface area contributed by atoms with Crippen LogP contribution in [0.1, 0.15) is 13.8 Å². The van der Waals surface area contributed by atoms with Gasteiger partial charge in [0.1, 0.15) is 0 Å². The van der Waals surface area contributed by atoms with E-state index in [2.05, 4.69) is 5.43 Å². The molecule has 4 heteroatoms. The molecule has 4 nitrogen and oxygen atoms in total. The number of carbonyl (C=O) groups is 1. The molecular weight excluding hydrogens is 180 g/mol. The predicted molar refractivity (Wildman–Crippen MR) is 52.2 cm³/mol. The third-order valence-electron chi connectivity index (χ3n) is 1.48. The highest BCUT2D eigenvalue weighted by molar-refractivity contribution is 5.73. The largest absolute Gasteiger partial charge is 0.461 e. The Morgan fingerprint density at radius 1 is 1.36 bits per heavy atom. The SMILES string of the molecule is CC(C)COC(=O)N[n+]1ccccc1. The molecule has 1 N–H and O–H groups in total. The van der Waals surface area contributed by atoms with Gasteiger partial charge in [0.15, 0.2) is 12.4 Å². The van der Waals surface area contributed by atoms with E-state index in [-0.39, 0.29) is 0 Å². The molecule has 0 saturated carbocycles. The summed E-state index contributed by atoms with van der Waals surface area (Å²) in [5.41, 5.74) is 2.55. The summed E-state index contributed by atoms with van der Waals surface area (Å²) in [5, 5.41) is 0. The van der Waals surface area contributed by atoms with E-state index in [9.17, 15) is 4.79 Å². The lowest BCUT2D eigenvalue weighted by Gasteiger charge is -2.04. The van der Waals surface area contributed by atoms with Gasteiger partial charge in [-0.3, -0.25) is 0 Å². The third kappa shape index (κ3) is 3.89. The molecule has 1 rings (SSSR count). The van der Waals surface area contributed by atoms with Crippen LogP contribution in [0.2, 0.25) is 0 Å². The highest BCUT2D eigenvalue weighted by Gasteiger charge is 2.07. The Bertz CT molecular complexity index is 285. The van der Waals surface area contributed by atoms with Gasteiger partial charge in [-0.25, -0.2) is 4.79 Å². The van der Waals surface area contributed by atoms with Crippen molar-refractivity contribution in [3.8, 4) is 0 Å². The summed E-state index contributed by atoms with van der Waals surface area (Å²) >= 11 is 0. The fraction of sp³-hybridized carbons (Fsp3) is 0.400. The van der Waals surface area contributed by atoms with Crippen molar-refractivity contribution in [3.63, 3.8) is 0 Å². The van der Waals surface area contributed by atoms with Crippen molar-refractivity contribution in [3.05, 3.63) is 30.6 Å². The summed E-state index contributed by atoms with van der Waals surface area (Å²) in [7, 11) is 0. The molecule has 0 bridgehead atoms. The minimum atomic E-state index is -0.435. The van der Waals surface area contributed by atoms with Crippen molar-refractivity contribution in [2.45, 2.75) is 13.8 Å². The van der Waals surface area contributed by atoms with Gasteiger partial charge in [0.25, 0.3) is 0 Å². The molecule has 1 heterocycles. The normalized spacial score (nSPS) is 9.93. The van der Waals surface area contributed by atoms with Gasteiger partial charge >= 0.3 is 6.09 Å². The second kappa shape index (κ2) is 5.21. The van der Waals surface area contributed by atoms with Gasteiger partial charge in [0.2, 0.25) is 0 Å². The van der Waals surface area contributed by atoms with Crippen molar-refractivity contribution in [2.75, 3.05) is 12.0 Å². The smallest absolute Gasteiger partial charge is 0.446 e. The Labute approximate surface area is 83.5 Å². The molecule has 0 saturated heterocycles. The van der Waals surface area contributed by atoms with E-state index in [1.807, 2.05) is 32.0 Å². The van der Waals surface area contributed by atoms with E-state index in [4.69, 9.17) is 4.74 Å². The number of pyridine rings is 1. The van der Waals surface area contributed by atoms with Gasteiger partial charge in [-0.05, 0) is 5.92 Å². The molecule has 1 amide bonds. The molecular formula is C10H15N2O2+. The second-order valence-electron chi connectivity index (χ2n) is 3.39. The Morgan fingerprint density at radius 3 is 2.57 bits per heavy atom. The minimum Gasteiger partial charge on any atom is -0.446 e. The van der Waals surface area contributed by atoms with Crippen LogP contribution < -0.4 is 10.1 Å². The van der Waals surface area contributed by atoms with Crippen LogP contribution in [0.15, 0.2) is 30.6 Å². The summed E-state index contributed by atoms with van der Waals surface area (Å²) in [4.78, 5) is 11.2. The average Bonchev–Trinajstić information content (AvgIpc) is 2.16. The van der Waals surface area contributed by atoms with Gasteiger partial charge in [-0.1, -0.05) is 30.0 Å². The zero-order valence-corrected chi connectivity index (χ0v) is 8.43. The molecule has 0 atom stereocenters. The lowest BCUT2D eigenvalue weighted by atomic mass is 10.2. The van der Waals surface area contributed by atoms with Crippen LogP contribution in [-0.2, 0) is 4.74 Å². The Balaban J connectivity index is 2.35. The molecule has 0 aliphatic heterocycles. The highest BCUT2D eigenvalue weighted by atomic mass is 16.6. The van der Waals surface area contributed by atoms with Gasteiger partial charge in [-0.2, -0.15) is 0 Å². The van der Waals surface area contributed by atoms with Gasteiger partial charge in [0.05, 0.1) is 6.61 Å². The maximum absolute atomic E-state index is 11.2. The fourth-order valence-electron chi connectivity index (χ4n) is 0.853. The monoisotopic (exact) mass is 195 g/mol. The number of amides is 1. The van der Waals surface area contributed by atoms with Gasteiger partial charge in [-0.15, -0.1) is 0 Å². The average molecular weight is 195 g/mol. The van der Waals surface area contributed by atoms with Crippen molar-refractivity contribution in [2.24, 2.45) is 5.92 Å². The van der Waals surface area contributed by atoms with Crippen LogP contribution in [0.5, 0.6) is 0 Å². The molecule has 0 aromatic carbocycles. The number of aromatic nitrogens is 1. The van der Waals surface area contributed by atoms with Gasteiger partial charge in [0, 0.05) is 12.1 Å². The Kier molecular flexibility index (Phi) is 3.91. The molecule has 0 aliphatic rings. The summed E-state index contributed by atoms with van der Waals surface area (Å²) in [5.74, 6) is 0.349. The lowest BCUT2D eigenvalue weighted by molar-refractivity contribution is -0.642. The van der Waals surface area contributed by atoms with E-state index in [0.717, 1.165) is 0 Å². The molecule has 0 spiro atoms. The summed E-state index contributed by atoms with van der Waals surface area (Å²) in [6, 6.07) is 5.52. The van der Waals surface area contributed by atoms with E-state index in [0.29, 0.717) is 12.5 Å². The maximum atomic E-state index is 11.2. The molecule has 76 valence electrons.